The Morgan fingerprint density at radius 1 is 1.11 bits per heavy atom. The summed E-state index contributed by atoms with van der Waals surface area (Å²) < 4.78 is 6.91. The van der Waals surface area contributed by atoms with Crippen LogP contribution in [0.4, 0.5) is 0 Å². The van der Waals surface area contributed by atoms with Crippen LogP contribution in [0.25, 0.3) is 10.1 Å². The first kappa shape index (κ1) is 12.5. The van der Waals surface area contributed by atoms with Crippen LogP contribution in [0.2, 0.25) is 5.02 Å². The first-order valence-corrected chi connectivity index (χ1v) is 7.28. The minimum Gasteiger partial charge on any atom is -0.488 e. The van der Waals surface area contributed by atoms with E-state index < -0.39 is 0 Å². The summed E-state index contributed by atoms with van der Waals surface area (Å²) in [7, 11) is 0. The summed E-state index contributed by atoms with van der Waals surface area (Å²) in [5.41, 5.74) is 1.24. The van der Waals surface area contributed by atoms with Crippen LogP contribution >= 0.6 is 22.9 Å². The molecule has 0 aliphatic heterocycles. The molecule has 0 fully saturated rings. The molecule has 0 amide bonds. The van der Waals surface area contributed by atoms with Gasteiger partial charge in [0.05, 0.1) is 9.72 Å². The Hall–Kier alpha value is -1.51. The second kappa shape index (κ2) is 5.24. The molecule has 19 heavy (non-hydrogen) atoms. The molecule has 0 aliphatic rings. The molecule has 1 nitrogen and oxygen atoms in total. The van der Waals surface area contributed by atoms with E-state index in [-0.39, 0.29) is 0 Å². The van der Waals surface area contributed by atoms with Gasteiger partial charge in [-0.3, -0.25) is 0 Å². The van der Waals surface area contributed by atoms with Gasteiger partial charge in [0.2, 0.25) is 0 Å². The summed E-state index contributed by atoms with van der Waals surface area (Å²) in [4.78, 5) is 1.18. The number of halogens is 1. The molecule has 0 unspecified atom stereocenters. The van der Waals surface area contributed by atoms with Crippen molar-refractivity contribution in [3.05, 3.63) is 64.0 Å². The summed E-state index contributed by atoms with van der Waals surface area (Å²) in [6, 6.07) is 16.2. The van der Waals surface area contributed by atoms with Crippen LogP contribution in [0, 0.1) is 6.92 Å². The summed E-state index contributed by atoms with van der Waals surface area (Å²) >= 11 is 7.86. The second-order valence-electron chi connectivity index (χ2n) is 4.47. The number of benzene rings is 2. The second-order valence-corrected chi connectivity index (χ2v) is 6.02. The molecular formula is C16H13ClOS. The molecular weight excluding hydrogens is 276 g/mol. The van der Waals surface area contributed by atoms with E-state index in [9.17, 15) is 0 Å². The van der Waals surface area contributed by atoms with Crippen LogP contribution in [0.3, 0.4) is 0 Å². The Morgan fingerprint density at radius 2 is 1.89 bits per heavy atom. The van der Waals surface area contributed by atoms with Crippen molar-refractivity contribution in [2.24, 2.45) is 0 Å². The average Bonchev–Trinajstić information content (AvgIpc) is 2.83. The van der Waals surface area contributed by atoms with E-state index in [0.717, 1.165) is 15.5 Å². The van der Waals surface area contributed by atoms with Gasteiger partial charge in [-0.1, -0.05) is 41.4 Å². The van der Waals surface area contributed by atoms with Crippen molar-refractivity contribution in [1.82, 2.24) is 0 Å². The number of thiophene rings is 1. The van der Waals surface area contributed by atoms with Crippen molar-refractivity contribution in [2.75, 3.05) is 0 Å². The van der Waals surface area contributed by atoms with E-state index in [1.807, 2.05) is 24.3 Å². The van der Waals surface area contributed by atoms with Gasteiger partial charge in [0.25, 0.3) is 0 Å². The minimum absolute atomic E-state index is 0.582. The monoisotopic (exact) mass is 288 g/mol. The zero-order valence-electron chi connectivity index (χ0n) is 10.5. The van der Waals surface area contributed by atoms with Gasteiger partial charge in [-0.15, -0.1) is 11.3 Å². The molecule has 1 aromatic heterocycles. The smallest absolute Gasteiger partial charge is 0.122 e. The van der Waals surface area contributed by atoms with Crippen LogP contribution in [0.5, 0.6) is 5.75 Å². The van der Waals surface area contributed by atoms with Gasteiger partial charge in [-0.2, -0.15) is 0 Å². The summed E-state index contributed by atoms with van der Waals surface area (Å²) in [6.07, 6.45) is 0. The van der Waals surface area contributed by atoms with Crippen molar-refractivity contribution in [1.29, 1.82) is 0 Å². The van der Waals surface area contributed by atoms with Crippen molar-refractivity contribution < 1.29 is 4.74 Å². The third-order valence-corrected chi connectivity index (χ3v) is 4.53. The number of aryl methyl sites for hydroxylation is 1. The fourth-order valence-electron chi connectivity index (χ4n) is 1.94. The maximum atomic E-state index is 6.17. The quantitative estimate of drug-likeness (QED) is 0.623. The summed E-state index contributed by atoms with van der Waals surface area (Å²) in [6.45, 7) is 2.65. The van der Waals surface area contributed by atoms with Crippen molar-refractivity contribution in [3.63, 3.8) is 0 Å². The fourth-order valence-corrected chi connectivity index (χ4v) is 3.21. The van der Waals surface area contributed by atoms with Crippen LogP contribution in [0.1, 0.15) is 10.4 Å². The molecule has 1 heterocycles. The van der Waals surface area contributed by atoms with E-state index in [1.54, 1.807) is 11.3 Å². The highest BCUT2D eigenvalue weighted by atomic mass is 35.5. The number of hydrogen-bond acceptors (Lipinski definition) is 2. The molecule has 3 aromatic rings. The fraction of sp³-hybridized carbons (Fsp3) is 0.125. The third kappa shape index (κ3) is 2.75. The number of fused-ring (bicyclic) bond motifs is 1. The lowest BCUT2D eigenvalue weighted by atomic mass is 10.2. The molecule has 0 atom stereocenters. The molecule has 0 N–H and O–H groups in total. The molecule has 0 saturated carbocycles. The number of ether oxygens (including phenoxy) is 1. The molecule has 0 radical (unpaired) electrons. The molecule has 0 bridgehead atoms. The molecule has 2 aromatic carbocycles. The maximum Gasteiger partial charge on any atom is 0.122 e. The molecule has 0 saturated heterocycles. The Balaban J connectivity index is 1.78. The highest BCUT2D eigenvalue weighted by Crippen LogP contribution is 2.32. The van der Waals surface area contributed by atoms with Gasteiger partial charge in [-0.05, 0) is 36.6 Å². The van der Waals surface area contributed by atoms with Crippen molar-refractivity contribution in [3.8, 4) is 5.75 Å². The lowest BCUT2D eigenvalue weighted by Crippen LogP contribution is -1.92. The van der Waals surface area contributed by atoms with Crippen LogP contribution < -0.4 is 4.74 Å². The standard InChI is InChI=1S/C16H13ClOS/c1-11-5-7-13(8-6-11)18-10-14-9-12-3-2-4-15(17)16(12)19-14/h2-9H,10H2,1H3. The zero-order chi connectivity index (χ0) is 13.2. The van der Waals surface area contributed by atoms with Gasteiger partial charge in [0.1, 0.15) is 12.4 Å². The normalized spacial score (nSPS) is 10.8. The first-order chi connectivity index (χ1) is 9.22. The first-order valence-electron chi connectivity index (χ1n) is 6.09. The van der Waals surface area contributed by atoms with Gasteiger partial charge in [0, 0.05) is 4.88 Å². The maximum absolute atomic E-state index is 6.17. The predicted octanol–water partition coefficient (Wildman–Crippen LogP) is 5.44. The summed E-state index contributed by atoms with van der Waals surface area (Å²) in [5, 5.41) is 1.99. The Bertz CT molecular complexity index is 700. The van der Waals surface area contributed by atoms with Crippen LogP contribution in [-0.2, 0) is 6.61 Å². The highest BCUT2D eigenvalue weighted by Gasteiger charge is 2.05. The minimum atomic E-state index is 0.582. The predicted molar refractivity (Wildman–Crippen MR) is 82.3 cm³/mol. The third-order valence-electron chi connectivity index (χ3n) is 2.95. The number of hydrogen-bond donors (Lipinski definition) is 0. The van der Waals surface area contributed by atoms with Gasteiger partial charge in [0.15, 0.2) is 0 Å². The zero-order valence-corrected chi connectivity index (χ0v) is 12.1. The summed E-state index contributed by atoms with van der Waals surface area (Å²) in [5.74, 6) is 0.897. The Labute approximate surface area is 121 Å². The topological polar surface area (TPSA) is 9.23 Å². The van der Waals surface area contributed by atoms with Gasteiger partial charge < -0.3 is 4.74 Å². The van der Waals surface area contributed by atoms with E-state index in [4.69, 9.17) is 16.3 Å². The lowest BCUT2D eigenvalue weighted by molar-refractivity contribution is 0.310. The average molecular weight is 289 g/mol. The van der Waals surface area contributed by atoms with Crippen LogP contribution in [-0.4, -0.2) is 0 Å². The van der Waals surface area contributed by atoms with Crippen LogP contribution in [0.15, 0.2) is 48.5 Å². The van der Waals surface area contributed by atoms with E-state index in [1.165, 1.54) is 15.8 Å². The number of rotatable bonds is 3. The lowest BCUT2D eigenvalue weighted by Gasteiger charge is -2.04. The molecule has 0 spiro atoms. The van der Waals surface area contributed by atoms with Crippen molar-refractivity contribution in [2.45, 2.75) is 13.5 Å². The van der Waals surface area contributed by atoms with Gasteiger partial charge >= 0.3 is 0 Å². The van der Waals surface area contributed by atoms with E-state index >= 15 is 0 Å². The SMILES string of the molecule is Cc1ccc(OCc2cc3cccc(Cl)c3s2)cc1. The van der Waals surface area contributed by atoms with Gasteiger partial charge in [-0.25, -0.2) is 0 Å². The molecule has 0 aliphatic carbocycles. The Morgan fingerprint density at radius 3 is 2.63 bits per heavy atom. The Kier molecular flexibility index (Phi) is 3.45. The van der Waals surface area contributed by atoms with E-state index in [0.29, 0.717) is 6.61 Å². The van der Waals surface area contributed by atoms with E-state index in [2.05, 4.69) is 31.2 Å². The highest BCUT2D eigenvalue weighted by molar-refractivity contribution is 7.19. The molecule has 96 valence electrons. The largest absolute Gasteiger partial charge is 0.488 e. The van der Waals surface area contributed by atoms with Crippen molar-refractivity contribution >= 4 is 33.0 Å². The molecule has 3 heteroatoms. The molecule has 3 rings (SSSR count).